The SMILES string of the molecule is O=Cc1cccc(-c2n[nH]c(=O)c3ccccc23)c1. The van der Waals surface area contributed by atoms with Crippen LogP contribution in [0.5, 0.6) is 0 Å². The van der Waals surface area contributed by atoms with E-state index in [4.69, 9.17) is 0 Å². The second kappa shape index (κ2) is 4.49. The number of hydrogen-bond acceptors (Lipinski definition) is 3. The molecule has 1 heterocycles. The van der Waals surface area contributed by atoms with Gasteiger partial charge in [0.1, 0.15) is 6.29 Å². The summed E-state index contributed by atoms with van der Waals surface area (Å²) < 4.78 is 0. The van der Waals surface area contributed by atoms with Gasteiger partial charge in [-0.05, 0) is 12.1 Å². The van der Waals surface area contributed by atoms with Crippen LogP contribution in [0, 0.1) is 0 Å². The van der Waals surface area contributed by atoms with Crippen molar-refractivity contribution < 1.29 is 4.79 Å². The second-order valence-corrected chi connectivity index (χ2v) is 4.19. The highest BCUT2D eigenvalue weighted by Gasteiger charge is 2.08. The van der Waals surface area contributed by atoms with Crippen molar-refractivity contribution in [1.82, 2.24) is 10.2 Å². The van der Waals surface area contributed by atoms with E-state index in [-0.39, 0.29) is 5.56 Å². The zero-order valence-corrected chi connectivity index (χ0v) is 9.96. The van der Waals surface area contributed by atoms with Crippen LogP contribution >= 0.6 is 0 Å². The van der Waals surface area contributed by atoms with Crippen LogP contribution in [0.4, 0.5) is 0 Å². The van der Waals surface area contributed by atoms with Crippen molar-refractivity contribution in [2.24, 2.45) is 0 Å². The fourth-order valence-corrected chi connectivity index (χ4v) is 2.09. The monoisotopic (exact) mass is 250 g/mol. The van der Waals surface area contributed by atoms with Gasteiger partial charge < -0.3 is 0 Å². The predicted molar refractivity (Wildman–Crippen MR) is 73.2 cm³/mol. The summed E-state index contributed by atoms with van der Waals surface area (Å²) in [6.45, 7) is 0. The number of benzene rings is 2. The van der Waals surface area contributed by atoms with E-state index < -0.39 is 0 Å². The predicted octanol–water partition coefficient (Wildman–Crippen LogP) is 2.40. The summed E-state index contributed by atoms with van der Waals surface area (Å²) in [6, 6.07) is 14.4. The Morgan fingerprint density at radius 3 is 2.58 bits per heavy atom. The molecule has 0 radical (unpaired) electrons. The van der Waals surface area contributed by atoms with Crippen LogP contribution in [-0.4, -0.2) is 16.5 Å². The Balaban J connectivity index is 2.33. The van der Waals surface area contributed by atoms with Gasteiger partial charge in [-0.3, -0.25) is 9.59 Å². The van der Waals surface area contributed by atoms with Crippen molar-refractivity contribution >= 4 is 17.1 Å². The number of rotatable bonds is 2. The largest absolute Gasteiger partial charge is 0.298 e. The molecule has 3 rings (SSSR count). The molecule has 0 aliphatic rings. The molecule has 0 saturated carbocycles. The molecule has 0 aliphatic heterocycles. The molecule has 1 N–H and O–H groups in total. The molecule has 0 saturated heterocycles. The van der Waals surface area contributed by atoms with Gasteiger partial charge >= 0.3 is 0 Å². The van der Waals surface area contributed by atoms with Gasteiger partial charge in [0, 0.05) is 16.5 Å². The molecule has 0 spiro atoms. The molecule has 0 atom stereocenters. The Kier molecular flexibility index (Phi) is 2.68. The second-order valence-electron chi connectivity index (χ2n) is 4.19. The Morgan fingerprint density at radius 1 is 1.00 bits per heavy atom. The standard InChI is InChI=1S/C15H10N2O2/c18-9-10-4-3-5-11(8-10)14-12-6-1-2-7-13(12)15(19)17-16-14/h1-9H,(H,17,19). The van der Waals surface area contributed by atoms with Crippen LogP contribution in [0.2, 0.25) is 0 Å². The van der Waals surface area contributed by atoms with Gasteiger partial charge in [-0.25, -0.2) is 5.10 Å². The van der Waals surface area contributed by atoms with Crippen molar-refractivity contribution in [3.05, 3.63) is 64.4 Å². The molecule has 92 valence electrons. The number of aldehydes is 1. The van der Waals surface area contributed by atoms with Gasteiger partial charge in [-0.1, -0.05) is 36.4 Å². The first kappa shape index (κ1) is 11.3. The highest BCUT2D eigenvalue weighted by Crippen LogP contribution is 2.24. The minimum Gasteiger partial charge on any atom is -0.298 e. The lowest BCUT2D eigenvalue weighted by molar-refractivity contribution is 0.112. The van der Waals surface area contributed by atoms with Crippen LogP contribution in [-0.2, 0) is 0 Å². The Morgan fingerprint density at radius 2 is 1.79 bits per heavy atom. The molecule has 1 aromatic heterocycles. The number of aromatic nitrogens is 2. The lowest BCUT2D eigenvalue weighted by atomic mass is 10.0. The summed E-state index contributed by atoms with van der Waals surface area (Å²) in [5, 5.41) is 7.94. The Labute approximate surface area is 108 Å². The average molecular weight is 250 g/mol. The fourth-order valence-electron chi connectivity index (χ4n) is 2.09. The van der Waals surface area contributed by atoms with Crippen LogP contribution in [0.25, 0.3) is 22.0 Å². The number of fused-ring (bicyclic) bond motifs is 1. The van der Waals surface area contributed by atoms with E-state index in [2.05, 4.69) is 10.2 Å². The summed E-state index contributed by atoms with van der Waals surface area (Å²) >= 11 is 0. The van der Waals surface area contributed by atoms with Gasteiger partial charge in [-0.2, -0.15) is 5.10 Å². The molecule has 4 heteroatoms. The number of nitrogens with one attached hydrogen (secondary N) is 1. The summed E-state index contributed by atoms with van der Waals surface area (Å²) in [6.07, 6.45) is 0.789. The van der Waals surface area contributed by atoms with E-state index in [1.54, 1.807) is 24.3 Å². The quantitative estimate of drug-likeness (QED) is 0.710. The molecule has 0 amide bonds. The molecular weight excluding hydrogens is 240 g/mol. The van der Waals surface area contributed by atoms with Gasteiger partial charge in [-0.15, -0.1) is 0 Å². The number of aromatic amines is 1. The van der Waals surface area contributed by atoms with E-state index in [9.17, 15) is 9.59 Å². The van der Waals surface area contributed by atoms with E-state index in [1.165, 1.54) is 0 Å². The first-order valence-corrected chi connectivity index (χ1v) is 5.82. The lowest BCUT2D eigenvalue weighted by Gasteiger charge is -2.05. The summed E-state index contributed by atoms with van der Waals surface area (Å²) in [7, 11) is 0. The summed E-state index contributed by atoms with van der Waals surface area (Å²) in [4.78, 5) is 22.5. The third-order valence-corrected chi connectivity index (χ3v) is 2.99. The maximum absolute atomic E-state index is 11.7. The normalized spacial score (nSPS) is 10.5. The van der Waals surface area contributed by atoms with Gasteiger partial charge in [0.25, 0.3) is 5.56 Å². The highest BCUT2D eigenvalue weighted by atomic mass is 16.1. The molecule has 0 unspecified atom stereocenters. The fraction of sp³-hybridized carbons (Fsp3) is 0. The maximum atomic E-state index is 11.7. The minimum atomic E-state index is -0.217. The number of hydrogen-bond donors (Lipinski definition) is 1. The summed E-state index contributed by atoms with van der Waals surface area (Å²) in [5.74, 6) is 0. The van der Waals surface area contributed by atoms with Gasteiger partial charge in [0.2, 0.25) is 0 Å². The van der Waals surface area contributed by atoms with Crippen LogP contribution < -0.4 is 5.56 Å². The number of carbonyl (C=O) groups excluding carboxylic acids is 1. The van der Waals surface area contributed by atoms with Crippen molar-refractivity contribution in [3.63, 3.8) is 0 Å². The van der Waals surface area contributed by atoms with Crippen LogP contribution in [0.3, 0.4) is 0 Å². The van der Waals surface area contributed by atoms with Crippen molar-refractivity contribution in [2.75, 3.05) is 0 Å². The molecular formula is C15H10N2O2. The van der Waals surface area contributed by atoms with Crippen molar-refractivity contribution in [2.45, 2.75) is 0 Å². The smallest absolute Gasteiger partial charge is 0.272 e. The van der Waals surface area contributed by atoms with Crippen molar-refractivity contribution in [1.29, 1.82) is 0 Å². The van der Waals surface area contributed by atoms with Crippen molar-refractivity contribution in [3.8, 4) is 11.3 Å². The third-order valence-electron chi connectivity index (χ3n) is 2.99. The van der Waals surface area contributed by atoms with Crippen LogP contribution in [0.15, 0.2) is 53.3 Å². The first-order valence-electron chi connectivity index (χ1n) is 5.82. The number of carbonyl (C=O) groups is 1. The molecule has 3 aromatic rings. The maximum Gasteiger partial charge on any atom is 0.272 e. The summed E-state index contributed by atoms with van der Waals surface area (Å²) in [5.41, 5.74) is 1.83. The molecule has 2 aromatic carbocycles. The van der Waals surface area contributed by atoms with Crippen LogP contribution in [0.1, 0.15) is 10.4 Å². The molecule has 0 bridgehead atoms. The van der Waals surface area contributed by atoms with E-state index in [1.807, 2.05) is 24.3 Å². The first-order chi connectivity index (χ1) is 9.29. The topological polar surface area (TPSA) is 62.8 Å². The molecule has 19 heavy (non-hydrogen) atoms. The Hall–Kier alpha value is -2.75. The zero-order valence-electron chi connectivity index (χ0n) is 9.96. The zero-order chi connectivity index (χ0) is 13.2. The van der Waals surface area contributed by atoms with E-state index in [0.717, 1.165) is 17.2 Å². The number of H-pyrrole nitrogens is 1. The number of nitrogens with zero attached hydrogens (tertiary/aromatic N) is 1. The minimum absolute atomic E-state index is 0.217. The Bertz CT molecular complexity index is 821. The van der Waals surface area contributed by atoms with E-state index in [0.29, 0.717) is 16.6 Å². The highest BCUT2D eigenvalue weighted by molar-refractivity contribution is 5.94. The molecule has 4 nitrogen and oxygen atoms in total. The molecule has 0 fully saturated rings. The molecule has 0 aliphatic carbocycles. The van der Waals surface area contributed by atoms with Gasteiger partial charge in [0.15, 0.2) is 0 Å². The average Bonchev–Trinajstić information content (AvgIpc) is 2.48. The van der Waals surface area contributed by atoms with E-state index >= 15 is 0 Å². The lowest BCUT2D eigenvalue weighted by Crippen LogP contribution is -2.09. The third kappa shape index (κ3) is 1.93. The van der Waals surface area contributed by atoms with Gasteiger partial charge in [0.05, 0.1) is 11.1 Å².